The van der Waals surface area contributed by atoms with Gasteiger partial charge in [0.25, 0.3) is 5.56 Å². The van der Waals surface area contributed by atoms with Gasteiger partial charge in [-0.15, -0.1) is 0 Å². The van der Waals surface area contributed by atoms with Gasteiger partial charge in [-0.05, 0) is 17.7 Å². The number of hydrogen-bond donors (Lipinski definition) is 2. The molecule has 11 heteroatoms. The van der Waals surface area contributed by atoms with Crippen LogP contribution >= 0.6 is 0 Å². The van der Waals surface area contributed by atoms with E-state index in [-0.39, 0.29) is 32.7 Å². The summed E-state index contributed by atoms with van der Waals surface area (Å²) in [7, 11) is 1.49. The van der Waals surface area contributed by atoms with Crippen LogP contribution < -0.4 is 15.6 Å². The van der Waals surface area contributed by atoms with Gasteiger partial charge in [-0.3, -0.25) is 9.59 Å². The number of aromatic nitrogens is 2. The molecule has 0 aliphatic carbocycles. The van der Waals surface area contributed by atoms with Crippen LogP contribution in [0.4, 0.5) is 18.9 Å². The first-order valence-corrected chi connectivity index (χ1v) is 8.56. The molecule has 2 aromatic rings. The number of carbonyl (C=O) groups is 1. The molecule has 0 unspecified atom stereocenters. The fraction of sp³-hybridized carbons (Fsp3) is 0.389. The number of hydrogen-bond acceptors (Lipinski definition) is 6. The molecule has 0 bridgehead atoms. The molecule has 0 aliphatic rings. The van der Waals surface area contributed by atoms with Gasteiger partial charge in [0.15, 0.2) is 0 Å². The van der Waals surface area contributed by atoms with Crippen LogP contribution in [0.3, 0.4) is 0 Å². The minimum atomic E-state index is -4.88. The molecule has 1 heterocycles. The van der Waals surface area contributed by atoms with Crippen molar-refractivity contribution in [1.29, 1.82) is 0 Å². The van der Waals surface area contributed by atoms with Crippen LogP contribution in [0.15, 0.2) is 35.3 Å². The second kappa shape index (κ2) is 9.92. The minimum Gasteiger partial charge on any atom is -0.497 e. The first kappa shape index (κ1) is 22.2. The lowest BCUT2D eigenvalue weighted by molar-refractivity contribution is -0.139. The number of aliphatic carboxylic acids is 1. The molecule has 2 rings (SSSR count). The molecule has 1 aromatic carbocycles. The van der Waals surface area contributed by atoms with Crippen LogP contribution in [0.25, 0.3) is 0 Å². The van der Waals surface area contributed by atoms with Crippen molar-refractivity contribution in [3.8, 4) is 5.75 Å². The molecule has 0 radical (unpaired) electrons. The van der Waals surface area contributed by atoms with E-state index in [1.165, 1.54) is 7.11 Å². The highest BCUT2D eigenvalue weighted by molar-refractivity contribution is 5.66. The zero-order chi connectivity index (χ0) is 21.4. The highest BCUT2D eigenvalue weighted by Crippen LogP contribution is 2.31. The summed E-state index contributed by atoms with van der Waals surface area (Å²) >= 11 is 0. The summed E-state index contributed by atoms with van der Waals surface area (Å²) in [6.07, 6.45) is -4.16. The number of halogens is 3. The number of carboxylic acids is 1. The SMILES string of the molecule is COc1ccc(Cn2ncc(NCCOCCC(=O)O)c(C(F)(F)F)c2=O)cc1. The highest BCUT2D eigenvalue weighted by Gasteiger charge is 2.38. The van der Waals surface area contributed by atoms with Gasteiger partial charge in [0.2, 0.25) is 0 Å². The Morgan fingerprint density at radius 1 is 1.24 bits per heavy atom. The fourth-order valence-electron chi connectivity index (χ4n) is 2.43. The normalized spacial score (nSPS) is 11.3. The maximum Gasteiger partial charge on any atom is 0.423 e. The van der Waals surface area contributed by atoms with Gasteiger partial charge >= 0.3 is 12.1 Å². The molecule has 29 heavy (non-hydrogen) atoms. The zero-order valence-electron chi connectivity index (χ0n) is 15.5. The van der Waals surface area contributed by atoms with Crippen LogP contribution in [0.1, 0.15) is 17.5 Å². The molecule has 0 amide bonds. The highest BCUT2D eigenvalue weighted by atomic mass is 19.4. The molecule has 0 fully saturated rings. The van der Waals surface area contributed by atoms with Crippen LogP contribution in [0, 0.1) is 0 Å². The number of rotatable bonds is 10. The van der Waals surface area contributed by atoms with Crippen molar-refractivity contribution in [1.82, 2.24) is 9.78 Å². The Balaban J connectivity index is 2.13. The van der Waals surface area contributed by atoms with E-state index < -0.39 is 29.0 Å². The Kier molecular flexibility index (Phi) is 7.59. The molecule has 0 saturated carbocycles. The first-order valence-electron chi connectivity index (χ1n) is 8.56. The molecule has 8 nitrogen and oxygen atoms in total. The van der Waals surface area contributed by atoms with Gasteiger partial charge in [0.1, 0.15) is 11.3 Å². The predicted octanol–water partition coefficient (Wildman–Crippen LogP) is 2.22. The number of nitrogens with one attached hydrogen (secondary N) is 1. The van der Waals surface area contributed by atoms with E-state index in [2.05, 4.69) is 10.4 Å². The van der Waals surface area contributed by atoms with Crippen molar-refractivity contribution in [3.63, 3.8) is 0 Å². The van der Waals surface area contributed by atoms with Crippen LogP contribution in [0.5, 0.6) is 5.75 Å². The number of alkyl halides is 3. The number of benzene rings is 1. The maximum atomic E-state index is 13.5. The van der Waals surface area contributed by atoms with Gasteiger partial charge in [-0.25, -0.2) is 4.68 Å². The summed E-state index contributed by atoms with van der Waals surface area (Å²) in [4.78, 5) is 22.8. The van der Waals surface area contributed by atoms with Crippen molar-refractivity contribution in [2.75, 3.05) is 32.2 Å². The Bertz CT molecular complexity index is 882. The maximum absolute atomic E-state index is 13.5. The topological polar surface area (TPSA) is 103 Å². The molecular weight excluding hydrogens is 395 g/mol. The number of methoxy groups -OCH3 is 1. The Labute approximate surface area is 163 Å². The van der Waals surface area contributed by atoms with Gasteiger partial charge < -0.3 is 19.9 Å². The van der Waals surface area contributed by atoms with E-state index in [9.17, 15) is 22.8 Å². The van der Waals surface area contributed by atoms with Crippen LogP contribution in [-0.2, 0) is 22.3 Å². The summed E-state index contributed by atoms with van der Waals surface area (Å²) in [6, 6.07) is 6.51. The van der Waals surface area contributed by atoms with Gasteiger partial charge in [-0.1, -0.05) is 12.1 Å². The molecule has 2 N–H and O–H groups in total. The largest absolute Gasteiger partial charge is 0.497 e. The zero-order valence-corrected chi connectivity index (χ0v) is 15.5. The summed E-state index contributed by atoms with van der Waals surface area (Å²) in [5, 5.41) is 14.8. The van der Waals surface area contributed by atoms with Crippen LogP contribution in [-0.4, -0.2) is 47.7 Å². The molecule has 0 spiro atoms. The Morgan fingerprint density at radius 2 is 1.93 bits per heavy atom. The van der Waals surface area contributed by atoms with Crippen molar-refractivity contribution in [3.05, 3.63) is 51.9 Å². The van der Waals surface area contributed by atoms with Crippen molar-refractivity contribution in [2.24, 2.45) is 0 Å². The third kappa shape index (κ3) is 6.49. The summed E-state index contributed by atoms with van der Waals surface area (Å²) < 4.78 is 51.1. The van der Waals surface area contributed by atoms with E-state index >= 15 is 0 Å². The third-order valence-corrected chi connectivity index (χ3v) is 3.84. The summed E-state index contributed by atoms with van der Waals surface area (Å²) in [5.41, 5.74) is -2.51. The van der Waals surface area contributed by atoms with E-state index in [0.29, 0.717) is 11.3 Å². The predicted molar refractivity (Wildman–Crippen MR) is 97.2 cm³/mol. The van der Waals surface area contributed by atoms with E-state index in [4.69, 9.17) is 14.6 Å². The number of ether oxygens (including phenoxy) is 2. The summed E-state index contributed by atoms with van der Waals surface area (Å²) in [5.74, 6) is -0.461. The minimum absolute atomic E-state index is 0.0283. The van der Waals surface area contributed by atoms with E-state index in [1.54, 1.807) is 24.3 Å². The second-order valence-electron chi connectivity index (χ2n) is 5.92. The lowest BCUT2D eigenvalue weighted by atomic mass is 10.2. The molecule has 0 atom stereocenters. The van der Waals surface area contributed by atoms with Crippen molar-refractivity contribution < 1.29 is 32.5 Å². The molecule has 0 saturated heterocycles. The van der Waals surface area contributed by atoms with Crippen LogP contribution in [0.2, 0.25) is 0 Å². The third-order valence-electron chi connectivity index (χ3n) is 3.84. The monoisotopic (exact) mass is 415 g/mol. The fourth-order valence-corrected chi connectivity index (χ4v) is 2.43. The smallest absolute Gasteiger partial charge is 0.423 e. The first-order chi connectivity index (χ1) is 13.7. The Hall–Kier alpha value is -3.08. The van der Waals surface area contributed by atoms with Gasteiger partial charge in [0, 0.05) is 6.54 Å². The van der Waals surface area contributed by atoms with Gasteiger partial charge in [0.05, 0.1) is 45.2 Å². The van der Waals surface area contributed by atoms with E-state index in [0.717, 1.165) is 10.9 Å². The average Bonchev–Trinajstić information content (AvgIpc) is 2.66. The molecule has 0 aliphatic heterocycles. The van der Waals surface area contributed by atoms with Gasteiger partial charge in [-0.2, -0.15) is 18.3 Å². The average molecular weight is 415 g/mol. The van der Waals surface area contributed by atoms with Crippen molar-refractivity contribution in [2.45, 2.75) is 19.1 Å². The summed E-state index contributed by atoms with van der Waals surface area (Å²) in [6.45, 7) is -0.277. The lowest BCUT2D eigenvalue weighted by Crippen LogP contribution is -2.32. The quantitative estimate of drug-likeness (QED) is 0.574. The molecule has 1 aromatic heterocycles. The number of nitrogens with zero attached hydrogens (tertiary/aromatic N) is 2. The lowest BCUT2D eigenvalue weighted by Gasteiger charge is -2.15. The number of carboxylic acid groups (broad SMARTS) is 1. The molecule has 158 valence electrons. The second-order valence-corrected chi connectivity index (χ2v) is 5.92. The number of anilines is 1. The standard InChI is InChI=1S/C18H20F3N3O5/c1-28-13-4-2-12(3-5-13)11-24-17(27)16(18(19,20)21)14(10-23-24)22-7-9-29-8-6-15(25)26/h2-5,10,22H,6-9,11H2,1H3,(H,25,26). The van der Waals surface area contributed by atoms with Crippen molar-refractivity contribution >= 4 is 11.7 Å². The van der Waals surface area contributed by atoms with E-state index in [1.807, 2.05) is 0 Å². The Morgan fingerprint density at radius 3 is 2.52 bits per heavy atom. The molecular formula is C18H20F3N3O5.